The van der Waals surface area contributed by atoms with Crippen LogP contribution in [0.5, 0.6) is 0 Å². The summed E-state index contributed by atoms with van der Waals surface area (Å²) >= 11 is 2.92. The molecule has 1 unspecified atom stereocenters. The number of benzene rings is 1. The van der Waals surface area contributed by atoms with Crippen molar-refractivity contribution in [1.82, 2.24) is 15.5 Å². The van der Waals surface area contributed by atoms with E-state index < -0.39 is 0 Å². The molecule has 1 amide bonds. The van der Waals surface area contributed by atoms with Crippen LogP contribution in [0.1, 0.15) is 30.9 Å². The van der Waals surface area contributed by atoms with Gasteiger partial charge in [0.15, 0.2) is 4.34 Å². The summed E-state index contributed by atoms with van der Waals surface area (Å²) in [6, 6.07) is 6.60. The zero-order valence-electron chi connectivity index (χ0n) is 13.4. The second-order valence-electron chi connectivity index (χ2n) is 5.84. The zero-order valence-corrected chi connectivity index (χ0v) is 15.1. The van der Waals surface area contributed by atoms with Crippen molar-refractivity contribution in [2.24, 2.45) is 0 Å². The number of amides is 1. The van der Waals surface area contributed by atoms with Gasteiger partial charge in [-0.15, -0.1) is 10.2 Å². The van der Waals surface area contributed by atoms with E-state index in [1.54, 1.807) is 0 Å². The van der Waals surface area contributed by atoms with Gasteiger partial charge in [-0.1, -0.05) is 29.2 Å². The first-order chi connectivity index (χ1) is 11.0. The first kappa shape index (κ1) is 16.3. The molecule has 1 aromatic heterocycles. The fourth-order valence-electron chi connectivity index (χ4n) is 2.00. The second kappa shape index (κ2) is 6.88. The van der Waals surface area contributed by atoms with Crippen molar-refractivity contribution in [3.63, 3.8) is 0 Å². The molecule has 2 aromatic rings. The van der Waals surface area contributed by atoms with Crippen molar-refractivity contribution >= 4 is 39.8 Å². The first-order valence-electron chi connectivity index (χ1n) is 7.66. The van der Waals surface area contributed by atoms with Crippen molar-refractivity contribution in [2.45, 2.75) is 49.2 Å². The van der Waals surface area contributed by atoms with Crippen LogP contribution in [0, 0.1) is 13.8 Å². The summed E-state index contributed by atoms with van der Waals surface area (Å²) in [6.45, 7) is 6.08. The molecule has 1 aromatic carbocycles. The van der Waals surface area contributed by atoms with Gasteiger partial charge in [0.05, 0.1) is 5.25 Å². The Morgan fingerprint density at radius 2 is 2.09 bits per heavy atom. The van der Waals surface area contributed by atoms with Gasteiger partial charge < -0.3 is 10.6 Å². The number of hydrogen-bond acceptors (Lipinski definition) is 6. The zero-order chi connectivity index (χ0) is 16.4. The van der Waals surface area contributed by atoms with E-state index in [1.807, 2.05) is 13.0 Å². The topological polar surface area (TPSA) is 66.9 Å². The number of nitrogens with zero attached hydrogens (tertiary/aromatic N) is 2. The van der Waals surface area contributed by atoms with Crippen molar-refractivity contribution in [3.8, 4) is 0 Å². The molecular weight excluding hydrogens is 328 g/mol. The lowest BCUT2D eigenvalue weighted by molar-refractivity contribution is -0.120. The highest BCUT2D eigenvalue weighted by molar-refractivity contribution is 8.02. The number of aromatic nitrogens is 2. The third-order valence-electron chi connectivity index (χ3n) is 3.74. The van der Waals surface area contributed by atoms with Gasteiger partial charge in [-0.25, -0.2) is 0 Å². The van der Waals surface area contributed by atoms with E-state index in [2.05, 4.69) is 46.8 Å². The fourth-order valence-corrected chi connectivity index (χ4v) is 3.93. The number of hydrogen-bond donors (Lipinski definition) is 2. The van der Waals surface area contributed by atoms with Gasteiger partial charge in [0, 0.05) is 11.7 Å². The molecule has 2 N–H and O–H groups in total. The summed E-state index contributed by atoms with van der Waals surface area (Å²) in [4.78, 5) is 12.0. The number of thioether (sulfide) groups is 1. The SMILES string of the molecule is Cc1ccc(Nc2nnc(SC(C)C(=O)NC3CC3)s2)cc1C. The van der Waals surface area contributed by atoms with E-state index in [1.165, 1.54) is 34.2 Å². The normalized spacial score (nSPS) is 15.3. The minimum absolute atomic E-state index is 0.0800. The monoisotopic (exact) mass is 348 g/mol. The Morgan fingerprint density at radius 1 is 1.30 bits per heavy atom. The average molecular weight is 348 g/mol. The van der Waals surface area contributed by atoms with Crippen molar-refractivity contribution in [1.29, 1.82) is 0 Å². The Bertz CT molecular complexity index is 712. The van der Waals surface area contributed by atoms with Gasteiger partial charge in [0.2, 0.25) is 11.0 Å². The standard InChI is InChI=1S/C16H20N4OS2/c1-9-4-5-13(8-10(9)2)18-15-19-20-16(23-15)22-11(3)14(21)17-12-6-7-12/h4-5,8,11-12H,6-7H2,1-3H3,(H,17,21)(H,18,19). The smallest absolute Gasteiger partial charge is 0.233 e. The molecule has 0 bridgehead atoms. The Balaban J connectivity index is 1.58. The quantitative estimate of drug-likeness (QED) is 0.780. The molecule has 0 radical (unpaired) electrons. The van der Waals surface area contributed by atoms with Crippen molar-refractivity contribution in [2.75, 3.05) is 5.32 Å². The van der Waals surface area contributed by atoms with Crippen molar-refractivity contribution < 1.29 is 4.79 Å². The third kappa shape index (κ3) is 4.45. The second-order valence-corrected chi connectivity index (χ2v) is 8.41. The summed E-state index contributed by atoms with van der Waals surface area (Å²) in [7, 11) is 0. The minimum Gasteiger partial charge on any atom is -0.352 e. The summed E-state index contributed by atoms with van der Waals surface area (Å²) in [6.07, 6.45) is 2.21. The summed E-state index contributed by atoms with van der Waals surface area (Å²) < 4.78 is 0.801. The number of nitrogens with one attached hydrogen (secondary N) is 2. The molecule has 1 aliphatic carbocycles. The highest BCUT2D eigenvalue weighted by Gasteiger charge is 2.26. The van der Waals surface area contributed by atoms with Crippen LogP contribution in [0.2, 0.25) is 0 Å². The average Bonchev–Trinajstić information content (AvgIpc) is 3.22. The van der Waals surface area contributed by atoms with Gasteiger partial charge in [-0.05, 0) is 56.9 Å². The summed E-state index contributed by atoms with van der Waals surface area (Å²) in [5.74, 6) is 0.0800. The van der Waals surface area contributed by atoms with Crippen LogP contribution < -0.4 is 10.6 Å². The van der Waals surface area contributed by atoms with Crippen LogP contribution in [-0.4, -0.2) is 27.4 Å². The number of aryl methyl sites for hydroxylation is 2. The molecule has 122 valence electrons. The third-order valence-corrected chi connectivity index (χ3v) is 5.76. The predicted molar refractivity (Wildman–Crippen MR) is 95.6 cm³/mol. The molecule has 3 rings (SSSR count). The number of rotatable bonds is 6. The van der Waals surface area contributed by atoms with Gasteiger partial charge in [-0.3, -0.25) is 4.79 Å². The van der Waals surface area contributed by atoms with Gasteiger partial charge in [0.1, 0.15) is 0 Å². The predicted octanol–water partition coefficient (Wildman–Crippen LogP) is 3.66. The Morgan fingerprint density at radius 3 is 2.78 bits per heavy atom. The maximum Gasteiger partial charge on any atom is 0.233 e. The molecule has 1 atom stereocenters. The van der Waals surface area contributed by atoms with Crippen LogP contribution in [0.4, 0.5) is 10.8 Å². The Kier molecular flexibility index (Phi) is 4.87. The van der Waals surface area contributed by atoms with Crippen LogP contribution in [-0.2, 0) is 4.79 Å². The molecule has 1 aliphatic rings. The minimum atomic E-state index is -0.155. The Hall–Kier alpha value is -1.60. The molecule has 1 saturated carbocycles. The molecule has 0 aliphatic heterocycles. The van der Waals surface area contributed by atoms with Gasteiger partial charge in [-0.2, -0.15) is 0 Å². The largest absolute Gasteiger partial charge is 0.352 e. The van der Waals surface area contributed by atoms with Crippen LogP contribution in [0.3, 0.4) is 0 Å². The lowest BCUT2D eigenvalue weighted by atomic mass is 10.1. The summed E-state index contributed by atoms with van der Waals surface area (Å²) in [5, 5.41) is 15.2. The van der Waals surface area contributed by atoms with E-state index in [-0.39, 0.29) is 11.2 Å². The van der Waals surface area contributed by atoms with Crippen LogP contribution in [0.15, 0.2) is 22.5 Å². The van der Waals surface area contributed by atoms with E-state index in [9.17, 15) is 4.79 Å². The lowest BCUT2D eigenvalue weighted by Gasteiger charge is -2.08. The van der Waals surface area contributed by atoms with Crippen LogP contribution in [0.25, 0.3) is 0 Å². The molecule has 0 saturated heterocycles. The van der Waals surface area contributed by atoms with E-state index in [0.29, 0.717) is 6.04 Å². The van der Waals surface area contributed by atoms with Crippen LogP contribution >= 0.6 is 23.1 Å². The number of anilines is 2. The van der Waals surface area contributed by atoms with Gasteiger partial charge >= 0.3 is 0 Å². The van der Waals surface area contributed by atoms with E-state index in [0.717, 1.165) is 28.0 Å². The molecule has 0 spiro atoms. The van der Waals surface area contributed by atoms with E-state index >= 15 is 0 Å². The highest BCUT2D eigenvalue weighted by Crippen LogP contribution is 2.31. The van der Waals surface area contributed by atoms with Crippen molar-refractivity contribution in [3.05, 3.63) is 29.3 Å². The lowest BCUT2D eigenvalue weighted by Crippen LogP contribution is -2.32. The van der Waals surface area contributed by atoms with E-state index in [4.69, 9.17) is 0 Å². The molecule has 1 fully saturated rings. The maximum atomic E-state index is 12.0. The maximum absolute atomic E-state index is 12.0. The molecule has 1 heterocycles. The van der Waals surface area contributed by atoms with Gasteiger partial charge in [0.25, 0.3) is 0 Å². The molecule has 7 heteroatoms. The molecule has 5 nitrogen and oxygen atoms in total. The highest BCUT2D eigenvalue weighted by atomic mass is 32.2. The number of carbonyl (C=O) groups is 1. The molecular formula is C16H20N4OS2. The fraction of sp³-hybridized carbons (Fsp3) is 0.438. The number of carbonyl (C=O) groups excluding carboxylic acids is 1. The molecule has 23 heavy (non-hydrogen) atoms. The summed E-state index contributed by atoms with van der Waals surface area (Å²) in [5.41, 5.74) is 3.50. The first-order valence-corrected chi connectivity index (χ1v) is 9.35. The Labute approximate surface area is 144 Å².